The third-order valence-corrected chi connectivity index (χ3v) is 5.30. The van der Waals surface area contributed by atoms with Crippen molar-refractivity contribution < 1.29 is 18.5 Å². The number of nitroso groups, excluding NO2 is 1. The summed E-state index contributed by atoms with van der Waals surface area (Å²) in [6.07, 6.45) is 4.15. The van der Waals surface area contributed by atoms with Crippen molar-refractivity contribution in [1.29, 1.82) is 0 Å². The van der Waals surface area contributed by atoms with Crippen molar-refractivity contribution in [3.8, 4) is 12.3 Å². The monoisotopic (exact) mass is 465 g/mol. The zero-order chi connectivity index (χ0) is 18.1. The van der Waals surface area contributed by atoms with Crippen LogP contribution in [0.25, 0.3) is 0 Å². The van der Waals surface area contributed by atoms with Crippen LogP contribution in [0, 0.1) is 29.1 Å². The van der Waals surface area contributed by atoms with E-state index in [1.165, 1.54) is 4.90 Å². The van der Waals surface area contributed by atoms with E-state index in [1.807, 2.05) is 21.2 Å². The summed E-state index contributed by atoms with van der Waals surface area (Å²) in [5, 5.41) is 5.15. The van der Waals surface area contributed by atoms with E-state index in [1.54, 1.807) is 13.8 Å². The van der Waals surface area contributed by atoms with Crippen LogP contribution in [0.1, 0.15) is 13.8 Å². The molecule has 0 aliphatic carbocycles. The SMILES string of the molecule is B#[SH](I)OC1C(C)C(N2CC(C)C(=O)NC2=O)OC1(C#C)CN=O. The van der Waals surface area contributed by atoms with E-state index in [4.69, 9.17) is 21.9 Å². The number of amides is 3. The Labute approximate surface area is 155 Å². The van der Waals surface area contributed by atoms with E-state index in [0.717, 1.165) is 0 Å². The number of urea groups is 1. The molecule has 0 radical (unpaired) electrons. The molecular formula is C13H17BIN3O5S. The van der Waals surface area contributed by atoms with Crippen molar-refractivity contribution in [2.75, 3.05) is 13.1 Å². The Kier molecular flexibility index (Phi) is 6.16. The molecule has 2 aliphatic rings. The molecule has 1 N–H and O–H groups in total. The number of rotatable bonds is 4. The number of halogens is 1. The van der Waals surface area contributed by atoms with Gasteiger partial charge >= 0.3 is 155 Å². The topological polar surface area (TPSA) is 97.3 Å². The number of hydrogen-bond donors (Lipinski definition) is 2. The van der Waals surface area contributed by atoms with Crippen molar-refractivity contribution in [1.82, 2.24) is 10.2 Å². The first kappa shape index (κ1) is 19.5. The second kappa shape index (κ2) is 7.59. The summed E-state index contributed by atoms with van der Waals surface area (Å²) in [6, 6.07) is -0.565. The number of nitrogens with zero attached hydrogens (tertiary/aromatic N) is 2. The van der Waals surface area contributed by atoms with Crippen LogP contribution in [0.3, 0.4) is 0 Å². The van der Waals surface area contributed by atoms with Crippen molar-refractivity contribution in [2.24, 2.45) is 17.0 Å². The fourth-order valence-corrected chi connectivity index (χ4v) is 4.28. The molecular weight excluding hydrogens is 448 g/mol. The predicted molar refractivity (Wildman–Crippen MR) is 99.3 cm³/mol. The molecule has 2 heterocycles. The number of ether oxygens (including phenoxy) is 1. The standard InChI is InChI=1S/C13H17BIN3O5S/c1-4-13(6-16-21)9(23-24(14)15)8(3)11(22-13)18-5-7(2)10(19)17-12(18)20/h1,7-9,11,24H,5-6H2,2-3H3,(H,17,19,20). The van der Waals surface area contributed by atoms with Gasteiger partial charge in [-0.25, -0.2) is 0 Å². The van der Waals surface area contributed by atoms with Gasteiger partial charge in [0.2, 0.25) is 0 Å². The number of carbonyl (C=O) groups excluding carboxylic acids is 2. The average Bonchev–Trinajstić information content (AvgIpc) is 2.77. The molecule has 0 bridgehead atoms. The number of carbonyl (C=O) groups is 2. The van der Waals surface area contributed by atoms with E-state index in [-0.39, 0.29) is 30.8 Å². The number of nitrogens with one attached hydrogen (secondary N) is 1. The molecule has 8 nitrogen and oxygen atoms in total. The molecule has 0 spiro atoms. The molecule has 24 heavy (non-hydrogen) atoms. The van der Waals surface area contributed by atoms with Crippen LogP contribution in [-0.2, 0) is 13.7 Å². The van der Waals surface area contributed by atoms with Crippen LogP contribution < -0.4 is 5.32 Å². The van der Waals surface area contributed by atoms with Gasteiger partial charge in [-0.15, -0.1) is 0 Å². The molecule has 0 aromatic heterocycles. The summed E-state index contributed by atoms with van der Waals surface area (Å²) in [6.45, 7) is 9.12. The second-order valence-electron chi connectivity index (χ2n) is 5.83. The van der Waals surface area contributed by atoms with Gasteiger partial charge in [0.05, 0.1) is 0 Å². The molecule has 2 rings (SSSR count). The number of imide groups is 1. The zero-order valence-corrected chi connectivity index (χ0v) is 16.2. The first-order valence-electron chi connectivity index (χ1n) is 7.19. The molecule has 2 aliphatic heterocycles. The van der Waals surface area contributed by atoms with Crippen LogP contribution in [0.5, 0.6) is 0 Å². The summed E-state index contributed by atoms with van der Waals surface area (Å²) in [4.78, 5) is 36.0. The zero-order valence-electron chi connectivity index (χ0n) is 13.1. The molecule has 0 saturated carbocycles. The maximum absolute atomic E-state index is 12.2. The Morgan fingerprint density at radius 3 is 2.83 bits per heavy atom. The first-order chi connectivity index (χ1) is 11.3. The van der Waals surface area contributed by atoms with Gasteiger partial charge in [-0.05, 0) is 0 Å². The van der Waals surface area contributed by atoms with E-state index >= 15 is 0 Å². The van der Waals surface area contributed by atoms with Gasteiger partial charge in [-0.1, -0.05) is 0 Å². The number of thiol groups is 1. The summed E-state index contributed by atoms with van der Waals surface area (Å²) >= 11 is 1.93. The molecule has 0 aromatic rings. The molecule has 2 fully saturated rings. The predicted octanol–water partition coefficient (Wildman–Crippen LogP) is 1.04. The van der Waals surface area contributed by atoms with Crippen molar-refractivity contribution in [2.45, 2.75) is 31.8 Å². The number of terminal acetylenes is 1. The summed E-state index contributed by atoms with van der Waals surface area (Å²) < 4.78 is 11.6. The van der Waals surface area contributed by atoms with E-state index in [2.05, 4.69) is 16.4 Å². The fraction of sp³-hybridized carbons (Fsp3) is 0.692. The van der Waals surface area contributed by atoms with Gasteiger partial charge in [-0.2, -0.15) is 0 Å². The minimum atomic E-state index is -1.40. The van der Waals surface area contributed by atoms with Crippen LogP contribution in [0.2, 0.25) is 0 Å². The Bertz CT molecular complexity index is 677. The van der Waals surface area contributed by atoms with Crippen LogP contribution in [0.15, 0.2) is 5.18 Å². The van der Waals surface area contributed by atoms with Crippen LogP contribution in [-0.4, -0.2) is 54.4 Å². The van der Waals surface area contributed by atoms with Crippen LogP contribution >= 0.6 is 28.8 Å². The Balaban J connectivity index is 2.34. The Morgan fingerprint density at radius 2 is 2.29 bits per heavy atom. The maximum atomic E-state index is 12.2. The van der Waals surface area contributed by atoms with Crippen molar-refractivity contribution in [3.05, 3.63) is 4.91 Å². The molecule has 0 aromatic carbocycles. The van der Waals surface area contributed by atoms with E-state index < -0.39 is 31.5 Å². The molecule has 130 valence electrons. The quantitative estimate of drug-likeness (QED) is 0.213. The van der Waals surface area contributed by atoms with Crippen LogP contribution in [0.4, 0.5) is 4.79 Å². The third-order valence-electron chi connectivity index (χ3n) is 4.19. The Hall–Kier alpha value is -0.835. The van der Waals surface area contributed by atoms with Gasteiger partial charge in [0.15, 0.2) is 0 Å². The van der Waals surface area contributed by atoms with Gasteiger partial charge in [-0.3, -0.25) is 0 Å². The fourth-order valence-electron chi connectivity index (χ4n) is 2.97. The van der Waals surface area contributed by atoms with Gasteiger partial charge < -0.3 is 0 Å². The Morgan fingerprint density at radius 1 is 1.62 bits per heavy atom. The summed E-state index contributed by atoms with van der Waals surface area (Å²) in [5.41, 5.74) is -1.40. The molecule has 3 amide bonds. The first-order valence-corrected chi connectivity index (χ1v) is 11.3. The van der Waals surface area contributed by atoms with Gasteiger partial charge in [0.1, 0.15) is 0 Å². The van der Waals surface area contributed by atoms with Gasteiger partial charge in [0.25, 0.3) is 0 Å². The molecule has 11 heteroatoms. The van der Waals surface area contributed by atoms with E-state index in [0.29, 0.717) is 0 Å². The normalized spacial score (nSPS) is 37.8. The molecule has 2 saturated heterocycles. The number of hydrogen-bond acceptors (Lipinski definition) is 6. The van der Waals surface area contributed by atoms with Crippen molar-refractivity contribution >= 4 is 47.3 Å². The minimum absolute atomic E-state index is 0.184. The van der Waals surface area contributed by atoms with Crippen molar-refractivity contribution in [3.63, 3.8) is 0 Å². The molecule has 6 atom stereocenters. The summed E-state index contributed by atoms with van der Waals surface area (Å²) in [7, 11) is -1.30. The molecule has 6 unspecified atom stereocenters. The summed E-state index contributed by atoms with van der Waals surface area (Å²) in [5.74, 6) is 1.36. The average molecular weight is 465 g/mol. The third kappa shape index (κ3) is 3.56. The van der Waals surface area contributed by atoms with Gasteiger partial charge in [0, 0.05) is 0 Å². The van der Waals surface area contributed by atoms with E-state index in [9.17, 15) is 14.5 Å². The second-order valence-corrected chi connectivity index (χ2v) is 9.44.